The number of carbonyl (C=O) groups excluding carboxylic acids is 2. The van der Waals surface area contributed by atoms with E-state index in [9.17, 15) is 19.5 Å². The van der Waals surface area contributed by atoms with Crippen LogP contribution in [0.25, 0.3) is 33.6 Å². The Hall–Kier alpha value is -6.05. The number of amides is 3. The highest BCUT2D eigenvalue weighted by Gasteiger charge is 2.38. The van der Waals surface area contributed by atoms with E-state index in [1.807, 2.05) is 57.9 Å². The molecule has 0 saturated carbocycles. The molecule has 3 amide bonds. The molecular formula is C48H54N8O4S. The molecule has 2 aliphatic rings. The predicted molar refractivity (Wildman–Crippen MR) is 239 cm³/mol. The van der Waals surface area contributed by atoms with Crippen molar-refractivity contribution in [3.05, 3.63) is 131 Å². The van der Waals surface area contributed by atoms with Crippen molar-refractivity contribution in [2.24, 2.45) is 0 Å². The first-order chi connectivity index (χ1) is 29.7. The fourth-order valence-electron chi connectivity index (χ4n) is 9.03. The summed E-state index contributed by atoms with van der Waals surface area (Å²) in [6, 6.07) is 29.8. The molecule has 13 heteroatoms. The molecule has 3 aromatic carbocycles. The number of rotatable bonds is 15. The van der Waals surface area contributed by atoms with E-state index in [2.05, 4.69) is 89.4 Å². The molecule has 0 unspecified atom stereocenters. The summed E-state index contributed by atoms with van der Waals surface area (Å²) < 4.78 is 0. The molecule has 6 aromatic rings. The molecule has 2 aliphatic heterocycles. The molecule has 4 atom stereocenters. The molecule has 3 aromatic heterocycles. The van der Waals surface area contributed by atoms with Gasteiger partial charge in [0.05, 0.1) is 35.9 Å². The van der Waals surface area contributed by atoms with Crippen LogP contribution in [0.15, 0.2) is 109 Å². The summed E-state index contributed by atoms with van der Waals surface area (Å²) >= 11 is 1.57. The summed E-state index contributed by atoms with van der Waals surface area (Å²) in [5, 5.41) is 11.7. The van der Waals surface area contributed by atoms with Gasteiger partial charge < -0.3 is 29.8 Å². The van der Waals surface area contributed by atoms with Gasteiger partial charge in [0, 0.05) is 43.9 Å². The number of hydrogen-bond acceptors (Lipinski definition) is 7. The highest BCUT2D eigenvalue weighted by atomic mass is 32.1. The number of hydrogen-bond donors (Lipinski definition) is 3. The molecule has 2 fully saturated rings. The molecule has 0 spiro atoms. The highest BCUT2D eigenvalue weighted by molar-refractivity contribution is 7.09. The third kappa shape index (κ3) is 9.03. The van der Waals surface area contributed by atoms with Crippen molar-refractivity contribution in [3.63, 3.8) is 0 Å². The van der Waals surface area contributed by atoms with Crippen LogP contribution in [-0.2, 0) is 16.0 Å². The first-order valence-electron chi connectivity index (χ1n) is 21.4. The Bertz CT molecular complexity index is 2390. The molecule has 0 bridgehead atoms. The number of nitrogens with one attached hydrogen (secondary N) is 2. The zero-order valence-corrected chi connectivity index (χ0v) is 35.9. The van der Waals surface area contributed by atoms with E-state index in [4.69, 9.17) is 9.97 Å². The minimum atomic E-state index is -1.04. The van der Waals surface area contributed by atoms with Gasteiger partial charge in [-0.3, -0.25) is 14.5 Å². The van der Waals surface area contributed by atoms with Crippen LogP contribution in [0.2, 0.25) is 0 Å². The maximum absolute atomic E-state index is 14.2. The van der Waals surface area contributed by atoms with Gasteiger partial charge in [0.15, 0.2) is 0 Å². The van der Waals surface area contributed by atoms with Crippen molar-refractivity contribution in [1.82, 2.24) is 39.5 Å². The Balaban J connectivity index is 0.911. The minimum absolute atomic E-state index is 0.0611. The first-order valence-corrected chi connectivity index (χ1v) is 22.3. The fraction of sp³-hybridized carbons (Fsp3) is 0.354. The number of imidazole rings is 2. The topological polar surface area (TPSA) is 142 Å². The predicted octanol–water partition coefficient (Wildman–Crippen LogP) is 9.22. The minimum Gasteiger partial charge on any atom is -0.465 e. The maximum atomic E-state index is 14.2. The summed E-state index contributed by atoms with van der Waals surface area (Å²) in [6.07, 6.45) is 6.74. The number of aromatic amines is 2. The third-order valence-corrected chi connectivity index (χ3v) is 13.4. The lowest BCUT2D eigenvalue weighted by Crippen LogP contribution is -2.43. The lowest BCUT2D eigenvalue weighted by Gasteiger charge is -2.34. The molecule has 5 heterocycles. The van der Waals surface area contributed by atoms with Crippen LogP contribution in [0.1, 0.15) is 86.2 Å². The molecule has 0 radical (unpaired) electrons. The van der Waals surface area contributed by atoms with Crippen LogP contribution in [0.3, 0.4) is 0 Å². The smallest absolute Gasteiger partial charge is 0.407 e. The van der Waals surface area contributed by atoms with Gasteiger partial charge >= 0.3 is 6.09 Å². The van der Waals surface area contributed by atoms with Crippen LogP contribution in [0, 0.1) is 0 Å². The Kier molecular flexibility index (Phi) is 12.8. The number of benzene rings is 3. The second-order valence-electron chi connectivity index (χ2n) is 16.0. The zero-order chi connectivity index (χ0) is 42.5. The van der Waals surface area contributed by atoms with Crippen LogP contribution in [-0.4, -0.2) is 102 Å². The van der Waals surface area contributed by atoms with Crippen molar-refractivity contribution >= 4 is 29.2 Å². The van der Waals surface area contributed by atoms with Gasteiger partial charge in [-0.1, -0.05) is 98.8 Å². The van der Waals surface area contributed by atoms with Crippen LogP contribution < -0.4 is 0 Å². The van der Waals surface area contributed by atoms with Gasteiger partial charge in [-0.15, -0.1) is 11.3 Å². The number of carboxylic acid groups (broad SMARTS) is 1. The Labute approximate surface area is 361 Å². The second kappa shape index (κ2) is 18.7. The fourth-order valence-corrected chi connectivity index (χ4v) is 9.80. The number of aromatic nitrogens is 4. The summed E-state index contributed by atoms with van der Waals surface area (Å²) in [6.45, 7) is 7.13. The normalized spacial score (nSPS) is 17.5. The number of H-pyrrole nitrogens is 2. The monoisotopic (exact) mass is 838 g/mol. The van der Waals surface area contributed by atoms with E-state index in [1.54, 1.807) is 11.3 Å². The van der Waals surface area contributed by atoms with Crippen molar-refractivity contribution in [3.8, 4) is 33.6 Å². The Morgan fingerprint density at radius 1 is 0.754 bits per heavy atom. The Morgan fingerprint density at radius 2 is 1.30 bits per heavy atom. The SMILES string of the molecule is CCN(CC)[C@@H](C(=O)N1CCC[C@H]1c1ncc(-c2ccc(-c3ccc(-c4cnc([C@@H]5CCCN5C(=O)C[C@@H](Cc5cccs5)N(C)C(=O)O)[nH]4)cc3)cc2)[nH]1)c1ccccc1. The Morgan fingerprint density at radius 3 is 1.82 bits per heavy atom. The van der Waals surface area contributed by atoms with Crippen molar-refractivity contribution in [2.45, 2.75) is 76.5 Å². The van der Waals surface area contributed by atoms with Crippen molar-refractivity contribution in [1.29, 1.82) is 0 Å². The number of nitrogens with zero attached hydrogens (tertiary/aromatic N) is 6. The lowest BCUT2D eigenvalue weighted by atomic mass is 10.0. The summed E-state index contributed by atoms with van der Waals surface area (Å²) in [4.78, 5) is 64.8. The van der Waals surface area contributed by atoms with E-state index in [0.29, 0.717) is 19.5 Å². The van der Waals surface area contributed by atoms with Crippen LogP contribution in [0.5, 0.6) is 0 Å². The van der Waals surface area contributed by atoms with Gasteiger partial charge in [0.1, 0.15) is 17.7 Å². The summed E-state index contributed by atoms with van der Waals surface area (Å²) in [5.74, 6) is 1.63. The number of carbonyl (C=O) groups is 3. The van der Waals surface area contributed by atoms with E-state index in [-0.39, 0.29) is 36.4 Å². The number of thiophene rings is 1. The molecule has 0 aliphatic carbocycles. The van der Waals surface area contributed by atoms with Crippen molar-refractivity contribution < 1.29 is 19.5 Å². The zero-order valence-electron chi connectivity index (χ0n) is 35.0. The van der Waals surface area contributed by atoms with Gasteiger partial charge in [0.25, 0.3) is 0 Å². The largest absolute Gasteiger partial charge is 0.465 e. The van der Waals surface area contributed by atoms with E-state index in [0.717, 1.165) is 94.5 Å². The molecule has 12 nitrogen and oxygen atoms in total. The standard InChI is InChI=1S/C48H54N8O4S/c1-4-54(5-2)44(36-12-7-6-8-13-36)47(58)56-26-10-16-42(56)46-50-31-40(52-46)35-23-19-33(20-24-35)32-17-21-34(22-18-32)39-30-49-45(51-39)41-15-9-25-55(41)43(57)29-37(53(3)48(59)60)28-38-14-11-27-61-38/h6-8,11-14,17-24,27,30-31,37,41-42,44H,4-5,9-10,15-16,25-26,28-29H2,1-3H3,(H,49,51)(H,50,52)(H,59,60)/t37-,41+,42+,44-/m1/s1. The molecule has 2 saturated heterocycles. The first kappa shape index (κ1) is 41.7. The summed E-state index contributed by atoms with van der Waals surface area (Å²) in [5.41, 5.74) is 7.00. The van der Waals surface area contributed by atoms with Crippen LogP contribution in [0.4, 0.5) is 4.79 Å². The van der Waals surface area contributed by atoms with Gasteiger partial charge in [-0.2, -0.15) is 0 Å². The molecule has 316 valence electrons. The van der Waals surface area contributed by atoms with Gasteiger partial charge in [-0.25, -0.2) is 14.8 Å². The third-order valence-electron chi connectivity index (χ3n) is 12.5. The quantitative estimate of drug-likeness (QED) is 0.0937. The lowest BCUT2D eigenvalue weighted by molar-refractivity contribution is -0.138. The molecule has 3 N–H and O–H groups in total. The van der Waals surface area contributed by atoms with Crippen LogP contribution >= 0.6 is 11.3 Å². The van der Waals surface area contributed by atoms with Gasteiger partial charge in [0.2, 0.25) is 11.8 Å². The highest BCUT2D eigenvalue weighted by Crippen LogP contribution is 2.37. The molecule has 61 heavy (non-hydrogen) atoms. The maximum Gasteiger partial charge on any atom is 0.407 e. The molecular weight excluding hydrogens is 785 g/mol. The molecule has 8 rings (SSSR count). The number of likely N-dealkylation sites (tertiary alicyclic amines) is 2. The summed E-state index contributed by atoms with van der Waals surface area (Å²) in [7, 11) is 1.54. The van der Waals surface area contributed by atoms with E-state index in [1.165, 1.54) is 11.9 Å². The second-order valence-corrected chi connectivity index (χ2v) is 17.1. The van der Waals surface area contributed by atoms with E-state index < -0.39 is 12.1 Å². The average molecular weight is 839 g/mol. The number of likely N-dealkylation sites (N-methyl/N-ethyl adjacent to an activating group) is 2. The van der Waals surface area contributed by atoms with Crippen molar-refractivity contribution in [2.75, 3.05) is 33.2 Å². The van der Waals surface area contributed by atoms with Gasteiger partial charge in [-0.05, 0) is 78.0 Å². The average Bonchev–Trinajstić information content (AvgIpc) is 4.15. The van der Waals surface area contributed by atoms with E-state index >= 15 is 0 Å².